The zero-order valence-electron chi connectivity index (χ0n) is 10.6. The van der Waals surface area contributed by atoms with Gasteiger partial charge in [0.2, 0.25) is 0 Å². The van der Waals surface area contributed by atoms with Crippen LogP contribution >= 0.6 is 0 Å². The highest BCUT2D eigenvalue weighted by Gasteiger charge is 2.06. The van der Waals surface area contributed by atoms with Crippen molar-refractivity contribution in [1.29, 1.82) is 0 Å². The summed E-state index contributed by atoms with van der Waals surface area (Å²) in [6, 6.07) is 16.6. The fourth-order valence-electron chi connectivity index (χ4n) is 1.75. The minimum atomic E-state index is -0.280. The number of benzene rings is 2. The number of esters is 1. The normalized spacial score (nSPS) is 10.1. The molecular weight excluding hydrogens is 224 g/mol. The molecule has 0 spiro atoms. The number of aryl methyl sites for hydroxylation is 1. The van der Waals surface area contributed by atoms with Gasteiger partial charge in [-0.05, 0) is 43.2 Å². The first-order valence-corrected chi connectivity index (χ1v) is 5.96. The molecule has 0 aliphatic carbocycles. The van der Waals surface area contributed by atoms with Crippen LogP contribution in [-0.2, 0) is 4.74 Å². The molecule has 0 unspecified atom stereocenters. The summed E-state index contributed by atoms with van der Waals surface area (Å²) in [5, 5.41) is 0. The van der Waals surface area contributed by atoms with E-state index in [9.17, 15) is 4.79 Å². The van der Waals surface area contributed by atoms with Gasteiger partial charge in [0.05, 0.1) is 12.2 Å². The second-order valence-electron chi connectivity index (χ2n) is 4.08. The van der Waals surface area contributed by atoms with E-state index in [4.69, 9.17) is 4.74 Å². The molecule has 0 aromatic heterocycles. The van der Waals surface area contributed by atoms with Crippen molar-refractivity contribution < 1.29 is 9.53 Å². The topological polar surface area (TPSA) is 26.3 Å². The number of hydrogen-bond acceptors (Lipinski definition) is 2. The van der Waals surface area contributed by atoms with Crippen LogP contribution in [0.4, 0.5) is 0 Å². The third-order valence-electron chi connectivity index (χ3n) is 2.66. The van der Waals surface area contributed by atoms with Crippen LogP contribution in [0.5, 0.6) is 0 Å². The minimum absolute atomic E-state index is 0.280. The molecule has 0 aliphatic heterocycles. The first kappa shape index (κ1) is 12.4. The molecule has 0 atom stereocenters. The smallest absolute Gasteiger partial charge is 0.338 e. The van der Waals surface area contributed by atoms with Crippen LogP contribution in [0.3, 0.4) is 0 Å². The molecule has 0 saturated carbocycles. The molecule has 18 heavy (non-hydrogen) atoms. The highest BCUT2D eigenvalue weighted by atomic mass is 16.5. The Labute approximate surface area is 107 Å². The lowest BCUT2D eigenvalue weighted by atomic mass is 10.0. The van der Waals surface area contributed by atoms with E-state index in [1.165, 1.54) is 5.56 Å². The van der Waals surface area contributed by atoms with E-state index >= 15 is 0 Å². The van der Waals surface area contributed by atoms with Crippen molar-refractivity contribution in [1.82, 2.24) is 0 Å². The lowest BCUT2D eigenvalue weighted by Gasteiger charge is -2.05. The predicted octanol–water partition coefficient (Wildman–Crippen LogP) is 3.64. The second kappa shape index (κ2) is 5.50. The molecule has 0 fully saturated rings. The Balaban J connectivity index is 2.25. The molecule has 91 valence electrons. The Morgan fingerprint density at radius 1 is 1.22 bits per heavy atom. The summed E-state index contributed by atoms with van der Waals surface area (Å²) in [5.74, 6) is -0.280. The summed E-state index contributed by atoms with van der Waals surface area (Å²) in [5.41, 5.74) is 3.85. The summed E-state index contributed by atoms with van der Waals surface area (Å²) in [4.78, 5) is 11.5. The quantitative estimate of drug-likeness (QED) is 0.764. The standard InChI is InChI=1S/C16H15O2/c1-3-18-16(17)14-9-7-13(8-10-14)15-6-4-5-12(2)11-15/h4-5,7-11H,3H2,1-2H3. The summed E-state index contributed by atoms with van der Waals surface area (Å²) in [6.07, 6.45) is 0. The van der Waals surface area contributed by atoms with E-state index in [1.54, 1.807) is 19.1 Å². The second-order valence-corrected chi connectivity index (χ2v) is 4.08. The van der Waals surface area contributed by atoms with E-state index in [2.05, 4.69) is 12.1 Å². The van der Waals surface area contributed by atoms with E-state index in [-0.39, 0.29) is 5.97 Å². The molecular formula is C16H15O2. The fourth-order valence-corrected chi connectivity index (χ4v) is 1.75. The van der Waals surface area contributed by atoms with Crippen molar-refractivity contribution in [3.8, 4) is 11.1 Å². The third kappa shape index (κ3) is 2.77. The number of carbonyl (C=O) groups excluding carboxylic acids is 1. The van der Waals surface area contributed by atoms with Gasteiger partial charge in [-0.1, -0.05) is 35.9 Å². The maximum atomic E-state index is 11.5. The number of hydrogen-bond donors (Lipinski definition) is 0. The van der Waals surface area contributed by atoms with Crippen molar-refractivity contribution >= 4 is 5.97 Å². The summed E-state index contributed by atoms with van der Waals surface area (Å²) < 4.78 is 4.95. The van der Waals surface area contributed by atoms with Gasteiger partial charge in [-0.2, -0.15) is 0 Å². The molecule has 2 nitrogen and oxygen atoms in total. The van der Waals surface area contributed by atoms with Gasteiger partial charge in [0.25, 0.3) is 0 Å². The van der Waals surface area contributed by atoms with Gasteiger partial charge in [0, 0.05) is 0 Å². The number of carbonyl (C=O) groups is 1. The van der Waals surface area contributed by atoms with Gasteiger partial charge in [0.1, 0.15) is 0 Å². The Morgan fingerprint density at radius 2 is 1.94 bits per heavy atom. The molecule has 1 radical (unpaired) electrons. The van der Waals surface area contributed by atoms with Gasteiger partial charge in [0.15, 0.2) is 0 Å². The molecule has 0 saturated heterocycles. The Hall–Kier alpha value is -2.09. The van der Waals surface area contributed by atoms with Crippen LogP contribution in [0.25, 0.3) is 11.1 Å². The van der Waals surface area contributed by atoms with Crippen LogP contribution in [0.15, 0.2) is 42.5 Å². The van der Waals surface area contributed by atoms with E-state index < -0.39 is 0 Å². The zero-order valence-corrected chi connectivity index (χ0v) is 10.6. The SMILES string of the molecule is CCOC(=O)c1ccc(-c2[c]ccc(C)c2)cc1. The monoisotopic (exact) mass is 239 g/mol. The average molecular weight is 239 g/mol. The molecule has 2 heteroatoms. The molecule has 0 aliphatic rings. The molecule has 0 amide bonds. The lowest BCUT2D eigenvalue weighted by Crippen LogP contribution is -2.03. The molecule has 2 aromatic rings. The maximum Gasteiger partial charge on any atom is 0.338 e. The van der Waals surface area contributed by atoms with E-state index in [0.717, 1.165) is 11.1 Å². The van der Waals surface area contributed by atoms with Gasteiger partial charge >= 0.3 is 5.97 Å². The predicted molar refractivity (Wildman–Crippen MR) is 71.4 cm³/mol. The highest BCUT2D eigenvalue weighted by molar-refractivity contribution is 5.90. The fraction of sp³-hybridized carbons (Fsp3) is 0.188. The van der Waals surface area contributed by atoms with Gasteiger partial charge in [-0.15, -0.1) is 0 Å². The largest absolute Gasteiger partial charge is 0.462 e. The van der Waals surface area contributed by atoms with E-state index in [1.807, 2.05) is 31.2 Å². The van der Waals surface area contributed by atoms with Crippen LogP contribution in [0.2, 0.25) is 0 Å². The Morgan fingerprint density at radius 3 is 2.56 bits per heavy atom. The van der Waals surface area contributed by atoms with Gasteiger partial charge in [-0.25, -0.2) is 4.79 Å². The molecule has 2 rings (SSSR count). The van der Waals surface area contributed by atoms with Gasteiger partial charge < -0.3 is 4.74 Å². The van der Waals surface area contributed by atoms with Crippen molar-refractivity contribution in [3.05, 3.63) is 59.7 Å². The van der Waals surface area contributed by atoms with Crippen molar-refractivity contribution in [3.63, 3.8) is 0 Å². The van der Waals surface area contributed by atoms with Crippen LogP contribution < -0.4 is 0 Å². The Kier molecular flexibility index (Phi) is 3.78. The van der Waals surface area contributed by atoms with Crippen molar-refractivity contribution in [2.45, 2.75) is 13.8 Å². The molecule has 0 bridgehead atoms. The number of rotatable bonds is 3. The van der Waals surface area contributed by atoms with Crippen LogP contribution in [0, 0.1) is 13.0 Å². The highest BCUT2D eigenvalue weighted by Crippen LogP contribution is 2.20. The van der Waals surface area contributed by atoms with Crippen molar-refractivity contribution in [2.75, 3.05) is 6.61 Å². The first-order valence-electron chi connectivity index (χ1n) is 5.96. The summed E-state index contributed by atoms with van der Waals surface area (Å²) >= 11 is 0. The third-order valence-corrected chi connectivity index (χ3v) is 2.66. The van der Waals surface area contributed by atoms with Crippen molar-refractivity contribution in [2.24, 2.45) is 0 Å². The zero-order chi connectivity index (χ0) is 13.0. The van der Waals surface area contributed by atoms with Gasteiger partial charge in [-0.3, -0.25) is 0 Å². The first-order chi connectivity index (χ1) is 8.70. The lowest BCUT2D eigenvalue weighted by molar-refractivity contribution is 0.0526. The summed E-state index contributed by atoms with van der Waals surface area (Å²) in [6.45, 7) is 4.24. The molecule has 0 N–H and O–H groups in total. The molecule has 2 aromatic carbocycles. The van der Waals surface area contributed by atoms with Crippen LogP contribution in [0.1, 0.15) is 22.8 Å². The molecule has 0 heterocycles. The average Bonchev–Trinajstić information content (AvgIpc) is 2.39. The maximum absolute atomic E-state index is 11.5. The van der Waals surface area contributed by atoms with Crippen LogP contribution in [-0.4, -0.2) is 12.6 Å². The van der Waals surface area contributed by atoms with E-state index in [0.29, 0.717) is 12.2 Å². The Bertz CT molecular complexity index is 541. The number of ether oxygens (including phenoxy) is 1. The summed E-state index contributed by atoms with van der Waals surface area (Å²) in [7, 11) is 0. The minimum Gasteiger partial charge on any atom is -0.462 e.